The molecule has 0 bridgehead atoms. The van der Waals surface area contributed by atoms with Crippen LogP contribution in [0.5, 0.6) is 0 Å². The highest BCUT2D eigenvalue weighted by atomic mass is 32.1. The lowest BCUT2D eigenvalue weighted by molar-refractivity contribution is 0.684. The van der Waals surface area contributed by atoms with Crippen LogP contribution >= 0.6 is 23.6 Å². The molecule has 0 aliphatic heterocycles. The molecule has 0 radical (unpaired) electrons. The third-order valence-corrected chi connectivity index (χ3v) is 3.89. The Balaban J connectivity index is 2.11. The van der Waals surface area contributed by atoms with E-state index >= 15 is 0 Å². The molecule has 0 saturated heterocycles. The van der Waals surface area contributed by atoms with E-state index in [0.29, 0.717) is 5.69 Å². The quantitative estimate of drug-likeness (QED) is 0.801. The number of anilines is 1. The Morgan fingerprint density at radius 1 is 1.47 bits per heavy atom. The second-order valence-corrected chi connectivity index (χ2v) is 5.57. The van der Waals surface area contributed by atoms with Gasteiger partial charge in [-0.25, -0.2) is 9.97 Å². The van der Waals surface area contributed by atoms with E-state index in [2.05, 4.69) is 39.7 Å². The normalized spacial score (nSPS) is 12.1. The highest BCUT2D eigenvalue weighted by molar-refractivity contribution is 7.80. The van der Waals surface area contributed by atoms with Crippen LogP contribution < -0.4 is 11.1 Å². The van der Waals surface area contributed by atoms with E-state index in [1.54, 1.807) is 23.7 Å². The summed E-state index contributed by atoms with van der Waals surface area (Å²) in [5, 5.41) is 5.49. The van der Waals surface area contributed by atoms with Gasteiger partial charge in [-0.1, -0.05) is 31.6 Å². The van der Waals surface area contributed by atoms with E-state index < -0.39 is 0 Å². The number of hydrogen-bond donors (Lipinski definition) is 2. The number of thiophene rings is 1. The minimum atomic E-state index is 0.266. The van der Waals surface area contributed by atoms with Crippen molar-refractivity contribution in [2.24, 2.45) is 5.73 Å². The van der Waals surface area contributed by atoms with Crippen molar-refractivity contribution in [1.82, 2.24) is 9.97 Å². The number of rotatable bonds is 6. The fraction of sp³-hybridized carbons (Fsp3) is 0.308. The molecule has 3 N–H and O–H groups in total. The topological polar surface area (TPSA) is 63.8 Å². The number of aromatic nitrogens is 2. The number of thiocarbonyl (C=S) groups is 1. The Kier molecular flexibility index (Phi) is 4.81. The van der Waals surface area contributed by atoms with Gasteiger partial charge in [0.25, 0.3) is 0 Å². The molecule has 2 aromatic rings. The lowest BCUT2D eigenvalue weighted by Crippen LogP contribution is -2.14. The first kappa shape index (κ1) is 13.9. The molecule has 0 aromatic carbocycles. The molecule has 0 spiro atoms. The second kappa shape index (κ2) is 6.58. The first-order valence-electron chi connectivity index (χ1n) is 6.12. The molecule has 19 heavy (non-hydrogen) atoms. The van der Waals surface area contributed by atoms with Gasteiger partial charge in [0, 0.05) is 4.88 Å². The Morgan fingerprint density at radius 2 is 2.32 bits per heavy atom. The van der Waals surface area contributed by atoms with Crippen molar-refractivity contribution in [2.75, 3.05) is 5.32 Å². The average Bonchev–Trinajstić information content (AvgIpc) is 2.92. The summed E-state index contributed by atoms with van der Waals surface area (Å²) in [6, 6.07) is 4.47. The summed E-state index contributed by atoms with van der Waals surface area (Å²) in [4.78, 5) is 10.1. The van der Waals surface area contributed by atoms with E-state index in [4.69, 9.17) is 18.0 Å². The van der Waals surface area contributed by atoms with Gasteiger partial charge in [-0.15, -0.1) is 11.3 Å². The van der Waals surface area contributed by atoms with Gasteiger partial charge in [-0.3, -0.25) is 0 Å². The highest BCUT2D eigenvalue weighted by Gasteiger charge is 2.12. The summed E-state index contributed by atoms with van der Waals surface area (Å²) >= 11 is 6.60. The maximum Gasteiger partial charge on any atom is 0.145 e. The van der Waals surface area contributed by atoms with Crippen LogP contribution in [0.2, 0.25) is 0 Å². The summed E-state index contributed by atoms with van der Waals surface area (Å²) in [6.07, 6.45) is 5.43. The van der Waals surface area contributed by atoms with Gasteiger partial charge < -0.3 is 11.1 Å². The lowest BCUT2D eigenvalue weighted by atomic mass is 10.1. The lowest BCUT2D eigenvalue weighted by Gasteiger charge is -2.17. The van der Waals surface area contributed by atoms with Crippen LogP contribution in [-0.2, 0) is 0 Å². The zero-order valence-electron chi connectivity index (χ0n) is 10.7. The first-order chi connectivity index (χ1) is 9.20. The molecule has 100 valence electrons. The smallest absolute Gasteiger partial charge is 0.145 e. The number of nitrogens with two attached hydrogens (primary N) is 1. The van der Waals surface area contributed by atoms with Crippen LogP contribution in [0.1, 0.15) is 36.4 Å². The van der Waals surface area contributed by atoms with Crippen LogP contribution in [0.3, 0.4) is 0 Å². The van der Waals surface area contributed by atoms with Crippen LogP contribution in [0.4, 0.5) is 5.82 Å². The highest BCUT2D eigenvalue weighted by Crippen LogP contribution is 2.26. The van der Waals surface area contributed by atoms with Crippen LogP contribution in [0.15, 0.2) is 29.9 Å². The Labute approximate surface area is 122 Å². The monoisotopic (exact) mass is 292 g/mol. The minimum Gasteiger partial charge on any atom is -0.388 e. The fourth-order valence-electron chi connectivity index (χ4n) is 1.77. The summed E-state index contributed by atoms with van der Waals surface area (Å²) in [6.45, 7) is 2.17. The van der Waals surface area contributed by atoms with E-state index in [9.17, 15) is 0 Å². The molecule has 2 heterocycles. The van der Waals surface area contributed by atoms with Crippen molar-refractivity contribution < 1.29 is 0 Å². The van der Waals surface area contributed by atoms with Crippen molar-refractivity contribution in [3.8, 4) is 0 Å². The van der Waals surface area contributed by atoms with Gasteiger partial charge >= 0.3 is 0 Å². The second-order valence-electron chi connectivity index (χ2n) is 4.15. The minimum absolute atomic E-state index is 0.266. The van der Waals surface area contributed by atoms with Gasteiger partial charge in [0.2, 0.25) is 0 Å². The van der Waals surface area contributed by atoms with Crippen LogP contribution in [0, 0.1) is 0 Å². The fourth-order valence-corrected chi connectivity index (χ4v) is 2.69. The van der Waals surface area contributed by atoms with Crippen LogP contribution in [0.25, 0.3) is 0 Å². The van der Waals surface area contributed by atoms with Crippen LogP contribution in [-0.4, -0.2) is 15.0 Å². The van der Waals surface area contributed by atoms with Gasteiger partial charge in [-0.2, -0.15) is 0 Å². The zero-order valence-corrected chi connectivity index (χ0v) is 12.3. The third-order valence-electron chi connectivity index (χ3n) is 2.69. The molecule has 0 saturated carbocycles. The van der Waals surface area contributed by atoms with E-state index in [1.807, 2.05) is 0 Å². The molecule has 6 heteroatoms. The van der Waals surface area contributed by atoms with Crippen molar-refractivity contribution in [3.05, 3.63) is 40.5 Å². The molecule has 0 fully saturated rings. The summed E-state index contributed by atoms with van der Waals surface area (Å²) in [5.41, 5.74) is 6.05. The van der Waals surface area contributed by atoms with Crippen molar-refractivity contribution >= 4 is 34.4 Å². The molecule has 4 nitrogen and oxygen atoms in total. The Bertz CT molecular complexity index is 522. The number of nitrogens with one attached hydrogen (secondary N) is 1. The molecule has 2 rings (SSSR count). The average molecular weight is 292 g/mol. The van der Waals surface area contributed by atoms with Gasteiger partial charge in [0.15, 0.2) is 0 Å². The molecule has 0 amide bonds. The van der Waals surface area contributed by atoms with Gasteiger partial charge in [-0.05, 0) is 17.9 Å². The summed E-state index contributed by atoms with van der Waals surface area (Å²) in [7, 11) is 0. The standard InChI is InChI=1S/C13H16N4S2/c1-2-4-9(11-5-3-6-19-11)17-12-8-15-10(7-16-12)13(14)18/h3,5-9H,2,4H2,1H3,(H2,14,18)(H,16,17). The molecule has 1 atom stereocenters. The van der Waals surface area contributed by atoms with Crippen molar-refractivity contribution in [3.63, 3.8) is 0 Å². The van der Waals surface area contributed by atoms with E-state index in [-0.39, 0.29) is 11.0 Å². The summed E-state index contributed by atoms with van der Waals surface area (Å²) < 4.78 is 0. The van der Waals surface area contributed by atoms with Crippen molar-refractivity contribution in [1.29, 1.82) is 0 Å². The number of nitrogens with zero attached hydrogens (tertiary/aromatic N) is 2. The zero-order chi connectivity index (χ0) is 13.7. The maximum atomic E-state index is 5.50. The van der Waals surface area contributed by atoms with Gasteiger partial charge in [0.1, 0.15) is 16.5 Å². The largest absolute Gasteiger partial charge is 0.388 e. The molecular formula is C13H16N4S2. The molecule has 0 aliphatic carbocycles. The van der Waals surface area contributed by atoms with E-state index in [0.717, 1.165) is 18.7 Å². The molecule has 1 unspecified atom stereocenters. The van der Waals surface area contributed by atoms with E-state index in [1.165, 1.54) is 4.88 Å². The predicted molar refractivity (Wildman–Crippen MR) is 83.5 cm³/mol. The van der Waals surface area contributed by atoms with Gasteiger partial charge in [0.05, 0.1) is 18.4 Å². The van der Waals surface area contributed by atoms with Crippen molar-refractivity contribution in [2.45, 2.75) is 25.8 Å². The first-order valence-corrected chi connectivity index (χ1v) is 7.41. The maximum absolute atomic E-state index is 5.50. The Hall–Kier alpha value is -1.53. The molecule has 0 aliphatic rings. The Morgan fingerprint density at radius 3 is 2.84 bits per heavy atom. The predicted octanol–water partition coefficient (Wildman–Crippen LogP) is 3.13. The molecule has 2 aromatic heterocycles. The SMILES string of the molecule is CCCC(Nc1cnc(C(N)=S)cn1)c1cccs1. The third kappa shape index (κ3) is 3.71. The number of hydrogen-bond acceptors (Lipinski definition) is 5. The summed E-state index contributed by atoms with van der Waals surface area (Å²) in [5.74, 6) is 0.742. The molecular weight excluding hydrogens is 276 g/mol.